The molecule has 1 unspecified atom stereocenters. The van der Waals surface area contributed by atoms with Crippen LogP contribution in [0.1, 0.15) is 58.2 Å². The molecule has 1 N–H and O–H groups in total. The maximum Gasteiger partial charge on any atom is 0.134 e. The van der Waals surface area contributed by atoms with Gasteiger partial charge in [-0.1, -0.05) is 26.7 Å². The lowest BCUT2D eigenvalue weighted by Crippen LogP contribution is -2.26. The molecule has 0 aliphatic carbocycles. The average Bonchev–Trinajstić information content (AvgIpc) is 2.71. The molecule has 4 heteroatoms. The average molecular weight is 290 g/mol. The Labute approximate surface area is 129 Å². The number of aryl methyl sites for hydroxylation is 1. The van der Waals surface area contributed by atoms with Crippen LogP contribution in [-0.2, 0) is 0 Å². The molecular weight excluding hydrogens is 260 g/mol. The van der Waals surface area contributed by atoms with Gasteiger partial charge in [0.2, 0.25) is 0 Å². The first-order chi connectivity index (χ1) is 10.2. The molecular formula is C17H30N4. The highest BCUT2D eigenvalue weighted by molar-refractivity contribution is 5.49. The van der Waals surface area contributed by atoms with Gasteiger partial charge in [-0.15, -0.1) is 0 Å². The number of hydrogen-bond acceptors (Lipinski definition) is 4. The summed E-state index contributed by atoms with van der Waals surface area (Å²) in [5, 5.41) is 3.38. The molecule has 1 aromatic heterocycles. The summed E-state index contributed by atoms with van der Waals surface area (Å²) in [5.74, 6) is 3.83. The summed E-state index contributed by atoms with van der Waals surface area (Å²) in [6.07, 6.45) is 7.75. The third kappa shape index (κ3) is 4.87. The molecule has 0 spiro atoms. The number of aromatic nitrogens is 2. The Bertz CT molecular complexity index is 433. The zero-order chi connectivity index (χ0) is 15.1. The van der Waals surface area contributed by atoms with Crippen molar-refractivity contribution in [3.8, 4) is 0 Å². The van der Waals surface area contributed by atoms with E-state index < -0.39 is 0 Å². The zero-order valence-electron chi connectivity index (χ0n) is 13.9. The first kappa shape index (κ1) is 16.1. The van der Waals surface area contributed by atoms with Crippen LogP contribution in [0.4, 0.5) is 11.6 Å². The number of nitrogens with one attached hydrogen (secondary N) is 1. The van der Waals surface area contributed by atoms with E-state index in [2.05, 4.69) is 40.1 Å². The van der Waals surface area contributed by atoms with Crippen molar-refractivity contribution in [3.05, 3.63) is 11.9 Å². The third-order valence-corrected chi connectivity index (χ3v) is 4.25. The second kappa shape index (κ2) is 8.20. The van der Waals surface area contributed by atoms with Gasteiger partial charge in [0.25, 0.3) is 0 Å². The predicted molar refractivity (Wildman–Crippen MR) is 90.0 cm³/mol. The van der Waals surface area contributed by atoms with Gasteiger partial charge in [-0.2, -0.15) is 0 Å². The lowest BCUT2D eigenvalue weighted by atomic mass is 9.96. The van der Waals surface area contributed by atoms with Crippen LogP contribution in [0.2, 0.25) is 0 Å². The topological polar surface area (TPSA) is 41.0 Å². The maximum atomic E-state index is 4.65. The Morgan fingerprint density at radius 2 is 2.05 bits per heavy atom. The normalized spacial score (nSPS) is 19.4. The predicted octanol–water partition coefficient (Wildman–Crippen LogP) is 4.01. The van der Waals surface area contributed by atoms with Crippen molar-refractivity contribution in [3.63, 3.8) is 0 Å². The molecule has 0 radical (unpaired) electrons. The van der Waals surface area contributed by atoms with Gasteiger partial charge in [-0.25, -0.2) is 9.97 Å². The van der Waals surface area contributed by atoms with Gasteiger partial charge in [0.1, 0.15) is 17.5 Å². The summed E-state index contributed by atoms with van der Waals surface area (Å²) >= 11 is 0. The molecule has 1 saturated heterocycles. The van der Waals surface area contributed by atoms with E-state index in [1.54, 1.807) is 0 Å². The molecule has 1 atom stereocenters. The molecule has 0 amide bonds. The number of nitrogens with zero attached hydrogens (tertiary/aromatic N) is 3. The molecule has 21 heavy (non-hydrogen) atoms. The van der Waals surface area contributed by atoms with E-state index in [-0.39, 0.29) is 0 Å². The minimum atomic E-state index is 0.862. The molecule has 4 nitrogen and oxygen atoms in total. The second-order valence-electron chi connectivity index (χ2n) is 6.16. The van der Waals surface area contributed by atoms with Crippen molar-refractivity contribution in [1.29, 1.82) is 0 Å². The van der Waals surface area contributed by atoms with Crippen molar-refractivity contribution >= 4 is 11.6 Å². The molecule has 0 saturated carbocycles. The van der Waals surface area contributed by atoms with Crippen LogP contribution < -0.4 is 10.2 Å². The lowest BCUT2D eigenvalue weighted by Gasteiger charge is -2.22. The van der Waals surface area contributed by atoms with E-state index in [4.69, 9.17) is 0 Å². The van der Waals surface area contributed by atoms with Gasteiger partial charge in [-0.3, -0.25) is 0 Å². The van der Waals surface area contributed by atoms with Gasteiger partial charge < -0.3 is 10.2 Å². The first-order valence-corrected chi connectivity index (χ1v) is 8.57. The van der Waals surface area contributed by atoms with E-state index in [9.17, 15) is 0 Å². The van der Waals surface area contributed by atoms with Crippen LogP contribution in [0, 0.1) is 12.8 Å². The molecule has 118 valence electrons. The van der Waals surface area contributed by atoms with Gasteiger partial charge in [0.05, 0.1) is 0 Å². The maximum absolute atomic E-state index is 4.65. The highest BCUT2D eigenvalue weighted by Crippen LogP contribution is 2.25. The highest BCUT2D eigenvalue weighted by atomic mass is 15.2. The minimum Gasteiger partial charge on any atom is -0.370 e. The van der Waals surface area contributed by atoms with Crippen LogP contribution in [-0.4, -0.2) is 29.6 Å². The smallest absolute Gasteiger partial charge is 0.134 e. The van der Waals surface area contributed by atoms with Gasteiger partial charge >= 0.3 is 0 Å². The standard InChI is InChI=1S/C17H30N4/c1-4-7-15-8-6-11-21(12-9-15)17-13-16(18-10-5-2)19-14(3)20-17/h13,15H,4-12H2,1-3H3,(H,18,19,20). The van der Waals surface area contributed by atoms with Crippen LogP contribution in [0.25, 0.3) is 0 Å². The van der Waals surface area contributed by atoms with Crippen molar-refractivity contribution in [2.24, 2.45) is 5.92 Å². The molecule has 2 rings (SSSR count). The molecule has 1 aromatic rings. The quantitative estimate of drug-likeness (QED) is 0.859. The molecule has 0 bridgehead atoms. The lowest BCUT2D eigenvalue weighted by molar-refractivity contribution is 0.435. The molecule has 1 fully saturated rings. The first-order valence-electron chi connectivity index (χ1n) is 8.57. The summed E-state index contributed by atoms with van der Waals surface area (Å²) in [6.45, 7) is 9.68. The van der Waals surface area contributed by atoms with Crippen LogP contribution >= 0.6 is 0 Å². The Kier molecular flexibility index (Phi) is 6.27. The fourth-order valence-corrected chi connectivity index (χ4v) is 3.15. The molecule has 2 heterocycles. The van der Waals surface area contributed by atoms with Crippen molar-refractivity contribution in [2.75, 3.05) is 29.9 Å². The van der Waals surface area contributed by atoms with E-state index in [0.29, 0.717) is 0 Å². The Morgan fingerprint density at radius 3 is 2.81 bits per heavy atom. The third-order valence-electron chi connectivity index (χ3n) is 4.25. The Balaban J connectivity index is 2.04. The Hall–Kier alpha value is -1.32. The van der Waals surface area contributed by atoms with Gasteiger partial charge in [-0.05, 0) is 38.5 Å². The monoisotopic (exact) mass is 290 g/mol. The van der Waals surface area contributed by atoms with Gasteiger partial charge in [0, 0.05) is 25.7 Å². The Morgan fingerprint density at radius 1 is 1.19 bits per heavy atom. The SMILES string of the molecule is CCCNc1cc(N2CCCC(CCC)CC2)nc(C)n1. The molecule has 1 aliphatic rings. The number of rotatable bonds is 6. The number of hydrogen-bond donors (Lipinski definition) is 1. The number of anilines is 2. The van der Waals surface area contributed by atoms with Crippen LogP contribution in [0.15, 0.2) is 6.07 Å². The molecule has 0 aromatic carbocycles. The van der Waals surface area contributed by atoms with Crippen molar-refractivity contribution < 1.29 is 0 Å². The minimum absolute atomic E-state index is 0.862. The summed E-state index contributed by atoms with van der Waals surface area (Å²) in [5.41, 5.74) is 0. The van der Waals surface area contributed by atoms with E-state index >= 15 is 0 Å². The zero-order valence-corrected chi connectivity index (χ0v) is 13.9. The van der Waals surface area contributed by atoms with Gasteiger partial charge in [0.15, 0.2) is 0 Å². The molecule has 1 aliphatic heterocycles. The largest absolute Gasteiger partial charge is 0.370 e. The summed E-state index contributed by atoms with van der Waals surface area (Å²) < 4.78 is 0. The summed E-state index contributed by atoms with van der Waals surface area (Å²) in [4.78, 5) is 11.6. The van der Waals surface area contributed by atoms with E-state index in [1.165, 1.54) is 32.1 Å². The van der Waals surface area contributed by atoms with Crippen molar-refractivity contribution in [2.45, 2.75) is 59.3 Å². The summed E-state index contributed by atoms with van der Waals surface area (Å²) in [7, 11) is 0. The van der Waals surface area contributed by atoms with Crippen LogP contribution in [0.5, 0.6) is 0 Å². The van der Waals surface area contributed by atoms with E-state index in [0.717, 1.165) is 49.4 Å². The van der Waals surface area contributed by atoms with Crippen LogP contribution in [0.3, 0.4) is 0 Å². The second-order valence-corrected chi connectivity index (χ2v) is 6.16. The fraction of sp³-hybridized carbons (Fsp3) is 0.765. The van der Waals surface area contributed by atoms with Crippen molar-refractivity contribution in [1.82, 2.24) is 9.97 Å². The summed E-state index contributed by atoms with van der Waals surface area (Å²) in [6, 6.07) is 2.11. The van der Waals surface area contributed by atoms with E-state index in [1.807, 2.05) is 6.92 Å². The fourth-order valence-electron chi connectivity index (χ4n) is 3.15. The highest BCUT2D eigenvalue weighted by Gasteiger charge is 2.18.